The SMILES string of the molecule is CC1=C(C)CC(C(=O)Nc2ccc(C)cn2)C(C(=O)O)C1. The van der Waals surface area contributed by atoms with E-state index in [4.69, 9.17) is 0 Å². The summed E-state index contributed by atoms with van der Waals surface area (Å²) in [6, 6.07) is 3.58. The van der Waals surface area contributed by atoms with Crippen LogP contribution in [0.5, 0.6) is 0 Å². The number of aliphatic carboxylic acids is 1. The number of allylic oxidation sites excluding steroid dienone is 2. The van der Waals surface area contributed by atoms with Crippen LogP contribution in [0.4, 0.5) is 5.82 Å². The van der Waals surface area contributed by atoms with Crippen LogP contribution in [0.2, 0.25) is 0 Å². The van der Waals surface area contributed by atoms with Gasteiger partial charge in [0, 0.05) is 6.20 Å². The van der Waals surface area contributed by atoms with Gasteiger partial charge in [-0.25, -0.2) is 4.98 Å². The second-order valence-corrected chi connectivity index (χ2v) is 5.73. The molecular formula is C16H20N2O3. The molecule has 0 radical (unpaired) electrons. The number of aryl methyl sites for hydroxylation is 1. The lowest BCUT2D eigenvalue weighted by Crippen LogP contribution is -2.36. The zero-order valence-corrected chi connectivity index (χ0v) is 12.5. The highest BCUT2D eigenvalue weighted by Crippen LogP contribution is 2.34. The van der Waals surface area contributed by atoms with Gasteiger partial charge in [-0.15, -0.1) is 0 Å². The van der Waals surface area contributed by atoms with Crippen LogP contribution in [0.15, 0.2) is 29.5 Å². The number of aromatic nitrogens is 1. The molecule has 2 rings (SSSR count). The Morgan fingerprint density at radius 1 is 1.14 bits per heavy atom. The average Bonchev–Trinajstić information content (AvgIpc) is 2.43. The summed E-state index contributed by atoms with van der Waals surface area (Å²) in [6.07, 6.45) is 2.58. The van der Waals surface area contributed by atoms with Crippen molar-refractivity contribution >= 4 is 17.7 Å². The summed E-state index contributed by atoms with van der Waals surface area (Å²) in [5.41, 5.74) is 3.17. The third-order valence-electron chi connectivity index (χ3n) is 4.08. The zero-order chi connectivity index (χ0) is 15.6. The molecular weight excluding hydrogens is 268 g/mol. The Labute approximate surface area is 124 Å². The Bertz CT molecular complexity index is 590. The number of anilines is 1. The molecule has 1 amide bonds. The Hall–Kier alpha value is -2.17. The topological polar surface area (TPSA) is 79.3 Å². The third kappa shape index (κ3) is 3.48. The quantitative estimate of drug-likeness (QED) is 0.838. The standard InChI is InChI=1S/C16H20N2O3/c1-9-4-5-14(17-8-9)18-15(19)12-6-10(2)11(3)7-13(12)16(20)21/h4-5,8,12-13H,6-7H2,1-3H3,(H,20,21)(H,17,18,19). The molecule has 0 aromatic carbocycles. The lowest BCUT2D eigenvalue weighted by atomic mass is 9.76. The number of nitrogens with zero attached hydrogens (tertiary/aromatic N) is 1. The van der Waals surface area contributed by atoms with Crippen LogP contribution in [0.3, 0.4) is 0 Å². The summed E-state index contributed by atoms with van der Waals surface area (Å²) < 4.78 is 0. The number of carboxylic acid groups (broad SMARTS) is 1. The van der Waals surface area contributed by atoms with Gasteiger partial charge in [0.2, 0.25) is 5.91 Å². The molecule has 1 aromatic rings. The largest absolute Gasteiger partial charge is 0.481 e. The maximum atomic E-state index is 12.4. The van der Waals surface area contributed by atoms with Gasteiger partial charge in [-0.1, -0.05) is 17.2 Å². The van der Waals surface area contributed by atoms with Gasteiger partial charge in [-0.05, 0) is 45.2 Å². The van der Waals surface area contributed by atoms with E-state index in [1.807, 2.05) is 26.8 Å². The highest BCUT2D eigenvalue weighted by atomic mass is 16.4. The molecule has 0 aliphatic heterocycles. The van der Waals surface area contributed by atoms with Gasteiger partial charge in [0.25, 0.3) is 0 Å². The summed E-state index contributed by atoms with van der Waals surface area (Å²) in [7, 11) is 0. The Balaban J connectivity index is 2.16. The maximum absolute atomic E-state index is 12.4. The number of carbonyl (C=O) groups is 2. The first-order valence-electron chi connectivity index (χ1n) is 7.00. The van der Waals surface area contributed by atoms with Crippen molar-refractivity contribution in [1.29, 1.82) is 0 Å². The fraction of sp³-hybridized carbons (Fsp3) is 0.438. The monoisotopic (exact) mass is 288 g/mol. The number of hydrogen-bond acceptors (Lipinski definition) is 3. The predicted octanol–water partition coefficient (Wildman–Crippen LogP) is 2.78. The zero-order valence-electron chi connectivity index (χ0n) is 12.5. The number of pyridine rings is 1. The molecule has 5 heteroatoms. The molecule has 112 valence electrons. The van der Waals surface area contributed by atoms with Gasteiger partial charge in [0.05, 0.1) is 11.8 Å². The van der Waals surface area contributed by atoms with Crippen molar-refractivity contribution in [1.82, 2.24) is 4.98 Å². The molecule has 0 saturated carbocycles. The van der Waals surface area contributed by atoms with Crippen LogP contribution in [0, 0.1) is 18.8 Å². The smallest absolute Gasteiger partial charge is 0.307 e. The molecule has 2 N–H and O–H groups in total. The normalized spacial score (nSPS) is 22.0. The summed E-state index contributed by atoms with van der Waals surface area (Å²) in [6.45, 7) is 5.80. The first kappa shape index (κ1) is 15.2. The summed E-state index contributed by atoms with van der Waals surface area (Å²) in [5.74, 6) is -1.95. The molecule has 0 bridgehead atoms. The Morgan fingerprint density at radius 3 is 2.29 bits per heavy atom. The fourth-order valence-corrected chi connectivity index (χ4v) is 2.59. The molecule has 1 aromatic heterocycles. The number of amides is 1. The molecule has 0 saturated heterocycles. The third-order valence-corrected chi connectivity index (χ3v) is 4.08. The minimum absolute atomic E-state index is 0.273. The van der Waals surface area contributed by atoms with Gasteiger partial charge in [0.1, 0.15) is 5.82 Å². The molecule has 0 spiro atoms. The van der Waals surface area contributed by atoms with E-state index in [-0.39, 0.29) is 5.91 Å². The highest BCUT2D eigenvalue weighted by Gasteiger charge is 2.37. The lowest BCUT2D eigenvalue weighted by Gasteiger charge is -2.29. The van der Waals surface area contributed by atoms with Crippen molar-refractivity contribution in [2.75, 3.05) is 5.32 Å². The summed E-state index contributed by atoms with van der Waals surface area (Å²) in [4.78, 5) is 27.9. The number of hydrogen-bond donors (Lipinski definition) is 2. The maximum Gasteiger partial charge on any atom is 0.307 e. The van der Waals surface area contributed by atoms with Crippen molar-refractivity contribution in [3.8, 4) is 0 Å². The number of carbonyl (C=O) groups excluding carboxylic acids is 1. The van der Waals surface area contributed by atoms with Crippen LogP contribution in [-0.4, -0.2) is 22.0 Å². The van der Waals surface area contributed by atoms with Crippen LogP contribution >= 0.6 is 0 Å². The van der Waals surface area contributed by atoms with Gasteiger partial charge in [-0.3, -0.25) is 9.59 Å². The van der Waals surface area contributed by atoms with Crippen molar-refractivity contribution in [2.45, 2.75) is 33.6 Å². The van der Waals surface area contributed by atoms with Crippen LogP contribution < -0.4 is 5.32 Å². The molecule has 2 atom stereocenters. The van der Waals surface area contributed by atoms with E-state index in [0.29, 0.717) is 18.7 Å². The highest BCUT2D eigenvalue weighted by molar-refractivity contribution is 5.94. The first-order valence-corrected chi connectivity index (χ1v) is 7.00. The molecule has 5 nitrogen and oxygen atoms in total. The first-order chi connectivity index (χ1) is 9.88. The molecule has 1 aliphatic rings. The van der Waals surface area contributed by atoms with E-state index in [1.54, 1.807) is 12.3 Å². The van der Waals surface area contributed by atoms with Crippen LogP contribution in [-0.2, 0) is 9.59 Å². The fourth-order valence-electron chi connectivity index (χ4n) is 2.59. The van der Waals surface area contributed by atoms with Crippen molar-refractivity contribution in [2.24, 2.45) is 11.8 Å². The van der Waals surface area contributed by atoms with Gasteiger partial charge in [0.15, 0.2) is 0 Å². The average molecular weight is 288 g/mol. The number of carboxylic acids is 1. The molecule has 1 heterocycles. The minimum atomic E-state index is -0.918. The van der Waals surface area contributed by atoms with Gasteiger partial charge >= 0.3 is 5.97 Å². The second-order valence-electron chi connectivity index (χ2n) is 5.73. The van der Waals surface area contributed by atoms with E-state index >= 15 is 0 Å². The van der Waals surface area contributed by atoms with Crippen molar-refractivity contribution < 1.29 is 14.7 Å². The summed E-state index contributed by atoms with van der Waals surface area (Å²) >= 11 is 0. The van der Waals surface area contributed by atoms with Crippen LogP contribution in [0.25, 0.3) is 0 Å². The Kier molecular flexibility index (Phi) is 4.40. The predicted molar refractivity (Wildman–Crippen MR) is 79.8 cm³/mol. The summed E-state index contributed by atoms with van der Waals surface area (Å²) in [5, 5.41) is 12.1. The lowest BCUT2D eigenvalue weighted by molar-refractivity contribution is -0.146. The van der Waals surface area contributed by atoms with Crippen molar-refractivity contribution in [3.05, 3.63) is 35.0 Å². The number of nitrogens with one attached hydrogen (secondary N) is 1. The van der Waals surface area contributed by atoms with Crippen molar-refractivity contribution in [3.63, 3.8) is 0 Å². The molecule has 0 fully saturated rings. The van der Waals surface area contributed by atoms with E-state index in [0.717, 1.165) is 16.7 Å². The Morgan fingerprint density at radius 2 is 1.76 bits per heavy atom. The molecule has 21 heavy (non-hydrogen) atoms. The molecule has 1 aliphatic carbocycles. The second kappa shape index (κ2) is 6.08. The van der Waals surface area contributed by atoms with Gasteiger partial charge < -0.3 is 10.4 Å². The van der Waals surface area contributed by atoms with E-state index in [9.17, 15) is 14.7 Å². The van der Waals surface area contributed by atoms with Gasteiger partial charge in [-0.2, -0.15) is 0 Å². The minimum Gasteiger partial charge on any atom is -0.481 e. The van der Waals surface area contributed by atoms with Crippen LogP contribution in [0.1, 0.15) is 32.3 Å². The van der Waals surface area contributed by atoms with E-state index < -0.39 is 17.8 Å². The molecule has 2 unspecified atom stereocenters. The van der Waals surface area contributed by atoms with E-state index in [1.165, 1.54) is 0 Å². The number of rotatable bonds is 3. The van der Waals surface area contributed by atoms with E-state index in [2.05, 4.69) is 10.3 Å².